The van der Waals surface area contributed by atoms with E-state index in [-0.39, 0.29) is 5.91 Å². The summed E-state index contributed by atoms with van der Waals surface area (Å²) in [7, 11) is 1.62. The summed E-state index contributed by atoms with van der Waals surface area (Å²) in [6, 6.07) is 23.7. The van der Waals surface area contributed by atoms with E-state index in [4.69, 9.17) is 14.5 Å². The summed E-state index contributed by atoms with van der Waals surface area (Å²) >= 11 is 0. The number of amides is 1. The highest BCUT2D eigenvalue weighted by molar-refractivity contribution is 5.94. The van der Waals surface area contributed by atoms with Gasteiger partial charge in [0.1, 0.15) is 23.9 Å². The molecule has 0 radical (unpaired) electrons. The molecule has 4 aromatic rings. The second-order valence-corrected chi connectivity index (χ2v) is 9.50. The minimum Gasteiger partial charge on any atom is -0.497 e. The van der Waals surface area contributed by atoms with E-state index in [1.165, 1.54) is 5.56 Å². The van der Waals surface area contributed by atoms with Crippen molar-refractivity contribution < 1.29 is 14.3 Å². The highest BCUT2D eigenvalue weighted by atomic mass is 16.5. The van der Waals surface area contributed by atoms with Crippen molar-refractivity contribution in [2.75, 3.05) is 20.3 Å². The first-order valence-electron chi connectivity index (χ1n) is 13.1. The maximum atomic E-state index is 12.3. The maximum Gasteiger partial charge on any atom is 0.251 e. The minimum absolute atomic E-state index is 0.0523. The lowest BCUT2D eigenvalue weighted by atomic mass is 10.0. The molecule has 6 nitrogen and oxygen atoms in total. The Balaban J connectivity index is 1.28. The number of ether oxygens (including phenoxy) is 2. The molecule has 0 saturated carbocycles. The van der Waals surface area contributed by atoms with Crippen LogP contribution in [0.1, 0.15) is 60.8 Å². The third-order valence-electron chi connectivity index (χ3n) is 6.56. The number of aryl methyl sites for hydroxylation is 1. The Hall–Kier alpha value is -3.80. The number of unbranched alkanes of at least 4 members (excludes halogenated alkanes) is 2. The number of imidazole rings is 1. The number of fused-ring (bicyclic) bond motifs is 1. The summed E-state index contributed by atoms with van der Waals surface area (Å²) in [5.74, 6) is 3.16. The number of nitrogens with zero attached hydrogens (tertiary/aromatic N) is 2. The molecule has 6 heteroatoms. The monoisotopic (exact) mass is 499 g/mol. The average molecular weight is 500 g/mol. The molecule has 1 aromatic heterocycles. The van der Waals surface area contributed by atoms with Crippen molar-refractivity contribution in [3.05, 3.63) is 89.7 Å². The van der Waals surface area contributed by atoms with Crippen molar-refractivity contribution in [2.24, 2.45) is 0 Å². The molecule has 3 aromatic carbocycles. The number of hydrogen-bond donors (Lipinski definition) is 1. The largest absolute Gasteiger partial charge is 0.497 e. The van der Waals surface area contributed by atoms with Crippen LogP contribution in [0.25, 0.3) is 11.0 Å². The van der Waals surface area contributed by atoms with Crippen LogP contribution in [-0.2, 0) is 13.0 Å². The fourth-order valence-corrected chi connectivity index (χ4v) is 4.53. The topological polar surface area (TPSA) is 65.4 Å². The third kappa shape index (κ3) is 6.91. The molecule has 0 bridgehead atoms. The summed E-state index contributed by atoms with van der Waals surface area (Å²) < 4.78 is 13.6. The van der Waals surface area contributed by atoms with Gasteiger partial charge in [0.25, 0.3) is 5.91 Å². The summed E-state index contributed by atoms with van der Waals surface area (Å²) in [4.78, 5) is 17.2. The number of nitrogens with one attached hydrogen (secondary N) is 1. The average Bonchev–Trinajstić information content (AvgIpc) is 3.28. The van der Waals surface area contributed by atoms with Crippen LogP contribution in [-0.4, -0.2) is 35.7 Å². The molecule has 0 aliphatic heterocycles. The molecule has 0 unspecified atom stereocenters. The van der Waals surface area contributed by atoms with Crippen LogP contribution < -0.4 is 14.8 Å². The van der Waals surface area contributed by atoms with Crippen LogP contribution in [0.4, 0.5) is 0 Å². The molecule has 194 valence electrons. The van der Waals surface area contributed by atoms with E-state index in [1.807, 2.05) is 12.1 Å². The zero-order valence-electron chi connectivity index (χ0n) is 22.1. The first kappa shape index (κ1) is 26.3. The highest BCUT2D eigenvalue weighted by Crippen LogP contribution is 2.26. The molecule has 1 amide bonds. The van der Waals surface area contributed by atoms with Crippen LogP contribution >= 0.6 is 0 Å². The van der Waals surface area contributed by atoms with E-state index in [0.717, 1.165) is 60.6 Å². The standard InChI is InChI=1S/C31H37N3O3/c1-23(2)26-11-6-9-14-29(26)37-22-21-34-28-13-8-7-12-27(28)33-30(34)15-5-4-10-20-32-31(35)24-16-18-25(36-3)19-17-24/h6-9,11-14,16-19,23H,4-5,10,15,20-22H2,1-3H3,(H,32,35). The highest BCUT2D eigenvalue weighted by Gasteiger charge is 2.12. The van der Waals surface area contributed by atoms with Gasteiger partial charge in [0.05, 0.1) is 24.7 Å². The molecule has 0 aliphatic rings. The predicted octanol–water partition coefficient (Wildman–Crippen LogP) is 6.39. The summed E-state index contributed by atoms with van der Waals surface area (Å²) in [5.41, 5.74) is 4.04. The molecule has 0 aliphatic carbocycles. The van der Waals surface area contributed by atoms with Crippen molar-refractivity contribution in [2.45, 2.75) is 52.0 Å². The minimum atomic E-state index is -0.0523. The van der Waals surface area contributed by atoms with Gasteiger partial charge in [0.15, 0.2) is 0 Å². The Labute approximate surface area is 219 Å². The first-order valence-corrected chi connectivity index (χ1v) is 13.1. The Morgan fingerprint density at radius 2 is 1.70 bits per heavy atom. The van der Waals surface area contributed by atoms with Crippen LogP contribution in [0, 0.1) is 0 Å². The van der Waals surface area contributed by atoms with Crippen LogP contribution in [0.15, 0.2) is 72.8 Å². The van der Waals surface area contributed by atoms with Gasteiger partial charge >= 0.3 is 0 Å². The lowest BCUT2D eigenvalue weighted by Crippen LogP contribution is -2.24. The second kappa shape index (κ2) is 12.9. The van der Waals surface area contributed by atoms with Crippen LogP contribution in [0.2, 0.25) is 0 Å². The Morgan fingerprint density at radius 1 is 0.946 bits per heavy atom. The number of hydrogen-bond acceptors (Lipinski definition) is 4. The van der Waals surface area contributed by atoms with Gasteiger partial charge in [-0.1, -0.05) is 50.6 Å². The normalized spacial score (nSPS) is 11.1. The number of aromatic nitrogens is 2. The van der Waals surface area contributed by atoms with E-state index < -0.39 is 0 Å². The molecule has 0 atom stereocenters. The van der Waals surface area contributed by atoms with E-state index >= 15 is 0 Å². The first-order chi connectivity index (χ1) is 18.1. The van der Waals surface area contributed by atoms with E-state index in [0.29, 0.717) is 24.6 Å². The number of benzene rings is 3. The fraction of sp³-hybridized carbons (Fsp3) is 0.355. The Bertz CT molecular complexity index is 1290. The van der Waals surface area contributed by atoms with Crippen molar-refractivity contribution in [1.29, 1.82) is 0 Å². The molecule has 0 spiro atoms. The lowest BCUT2D eigenvalue weighted by molar-refractivity contribution is 0.0953. The van der Waals surface area contributed by atoms with Crippen molar-refractivity contribution >= 4 is 16.9 Å². The number of carbonyl (C=O) groups excluding carboxylic acids is 1. The van der Waals surface area contributed by atoms with E-state index in [2.05, 4.69) is 60.1 Å². The van der Waals surface area contributed by atoms with Gasteiger partial charge in [0, 0.05) is 18.5 Å². The van der Waals surface area contributed by atoms with Gasteiger partial charge in [-0.25, -0.2) is 4.98 Å². The van der Waals surface area contributed by atoms with Crippen LogP contribution in [0.3, 0.4) is 0 Å². The van der Waals surface area contributed by atoms with Gasteiger partial charge < -0.3 is 19.4 Å². The molecular formula is C31H37N3O3. The number of methoxy groups -OCH3 is 1. The molecule has 1 N–H and O–H groups in total. The van der Waals surface area contributed by atoms with Crippen molar-refractivity contribution in [3.63, 3.8) is 0 Å². The van der Waals surface area contributed by atoms with E-state index in [9.17, 15) is 4.79 Å². The van der Waals surface area contributed by atoms with E-state index in [1.54, 1.807) is 31.4 Å². The van der Waals surface area contributed by atoms with Crippen molar-refractivity contribution in [3.8, 4) is 11.5 Å². The lowest BCUT2D eigenvalue weighted by Gasteiger charge is -2.15. The Morgan fingerprint density at radius 3 is 2.49 bits per heavy atom. The zero-order valence-corrected chi connectivity index (χ0v) is 22.1. The molecule has 4 rings (SSSR count). The van der Waals surface area contributed by atoms with Gasteiger partial charge in [-0.3, -0.25) is 4.79 Å². The van der Waals surface area contributed by atoms with Gasteiger partial charge in [-0.2, -0.15) is 0 Å². The van der Waals surface area contributed by atoms with Gasteiger partial charge in [-0.05, 0) is 66.8 Å². The summed E-state index contributed by atoms with van der Waals surface area (Å²) in [5, 5.41) is 3.01. The number of para-hydroxylation sites is 3. The van der Waals surface area contributed by atoms with Gasteiger partial charge in [-0.15, -0.1) is 0 Å². The summed E-state index contributed by atoms with van der Waals surface area (Å²) in [6.07, 6.45) is 3.85. The summed E-state index contributed by atoms with van der Waals surface area (Å²) in [6.45, 7) is 6.38. The van der Waals surface area contributed by atoms with Crippen LogP contribution in [0.5, 0.6) is 11.5 Å². The quantitative estimate of drug-likeness (QED) is 0.217. The number of carbonyl (C=O) groups is 1. The molecule has 1 heterocycles. The third-order valence-corrected chi connectivity index (χ3v) is 6.56. The SMILES string of the molecule is COc1ccc(C(=O)NCCCCCc2nc3ccccc3n2CCOc2ccccc2C(C)C)cc1. The van der Waals surface area contributed by atoms with Gasteiger partial charge in [0.2, 0.25) is 0 Å². The Kier molecular flexibility index (Phi) is 9.19. The fourth-order valence-electron chi connectivity index (χ4n) is 4.53. The molecule has 0 saturated heterocycles. The maximum absolute atomic E-state index is 12.3. The second-order valence-electron chi connectivity index (χ2n) is 9.50. The molecule has 37 heavy (non-hydrogen) atoms. The zero-order chi connectivity index (χ0) is 26.0. The van der Waals surface area contributed by atoms with Crippen molar-refractivity contribution in [1.82, 2.24) is 14.9 Å². The number of rotatable bonds is 13. The predicted molar refractivity (Wildman–Crippen MR) is 149 cm³/mol. The molecule has 0 fully saturated rings. The smallest absolute Gasteiger partial charge is 0.251 e. The molecular weight excluding hydrogens is 462 g/mol.